The lowest BCUT2D eigenvalue weighted by Gasteiger charge is -2.31. The molecule has 0 aromatic heterocycles. The minimum atomic E-state index is -0.549. The van der Waals surface area contributed by atoms with Gasteiger partial charge in [-0.05, 0) is 25.1 Å². The molecule has 1 heterocycles. The van der Waals surface area contributed by atoms with Crippen LogP contribution in [0.2, 0.25) is 10.0 Å². The maximum atomic E-state index is 12.3. The van der Waals surface area contributed by atoms with Gasteiger partial charge < -0.3 is 14.5 Å². The summed E-state index contributed by atoms with van der Waals surface area (Å²) in [5.41, 5.74) is 0. The van der Waals surface area contributed by atoms with Gasteiger partial charge in [0.25, 0.3) is 5.91 Å². The number of benzene rings is 1. The summed E-state index contributed by atoms with van der Waals surface area (Å²) in [6, 6.07) is 4.98. The first-order chi connectivity index (χ1) is 9.47. The van der Waals surface area contributed by atoms with Gasteiger partial charge in [0.1, 0.15) is 5.75 Å². The third kappa shape index (κ3) is 3.78. The predicted molar refractivity (Wildman–Crippen MR) is 79.8 cm³/mol. The first-order valence-electron chi connectivity index (χ1n) is 6.69. The van der Waals surface area contributed by atoms with Gasteiger partial charge in [-0.25, -0.2) is 0 Å². The Kier molecular flexibility index (Phi) is 5.13. The summed E-state index contributed by atoms with van der Waals surface area (Å²) < 4.78 is 5.65. The molecule has 0 saturated carbocycles. The molecule has 110 valence electrons. The van der Waals surface area contributed by atoms with Crippen LogP contribution in [0.15, 0.2) is 18.2 Å². The number of piperazine rings is 1. The topological polar surface area (TPSA) is 34.0 Å². The van der Waals surface area contributed by atoms with Gasteiger partial charge in [0.2, 0.25) is 0 Å². The highest BCUT2D eigenvalue weighted by molar-refractivity contribution is 6.35. The Morgan fingerprint density at radius 1 is 1.35 bits per heavy atom. The lowest BCUT2D eigenvalue weighted by molar-refractivity contribution is -0.883. The molecule has 0 aliphatic carbocycles. The number of hydrogen-bond donors (Lipinski definition) is 1. The normalized spacial score (nSPS) is 17.9. The molecule has 1 amide bonds. The molecule has 1 atom stereocenters. The van der Waals surface area contributed by atoms with Gasteiger partial charge in [0.05, 0.1) is 38.2 Å². The van der Waals surface area contributed by atoms with E-state index in [1.54, 1.807) is 25.1 Å². The van der Waals surface area contributed by atoms with E-state index < -0.39 is 6.10 Å². The number of halogens is 2. The molecule has 1 saturated heterocycles. The van der Waals surface area contributed by atoms with Gasteiger partial charge >= 0.3 is 0 Å². The fourth-order valence-corrected chi connectivity index (χ4v) is 2.63. The molecule has 0 spiro atoms. The molecule has 0 radical (unpaired) electrons. The Morgan fingerprint density at radius 3 is 2.60 bits per heavy atom. The maximum Gasteiger partial charge on any atom is 0.263 e. The molecule has 1 aromatic rings. The number of nitrogens with one attached hydrogen (secondary N) is 1. The largest absolute Gasteiger partial charge is 0.479 e. The van der Waals surface area contributed by atoms with Crippen molar-refractivity contribution in [3.8, 4) is 5.75 Å². The van der Waals surface area contributed by atoms with Crippen molar-refractivity contribution in [2.75, 3.05) is 33.2 Å². The van der Waals surface area contributed by atoms with E-state index in [-0.39, 0.29) is 5.91 Å². The minimum absolute atomic E-state index is 0.00326. The van der Waals surface area contributed by atoms with E-state index in [4.69, 9.17) is 27.9 Å². The molecule has 1 N–H and O–H groups in total. The summed E-state index contributed by atoms with van der Waals surface area (Å²) in [7, 11) is 2.13. The zero-order valence-electron chi connectivity index (χ0n) is 11.7. The quantitative estimate of drug-likeness (QED) is 0.906. The van der Waals surface area contributed by atoms with E-state index in [1.165, 1.54) is 4.90 Å². The second kappa shape index (κ2) is 6.66. The highest BCUT2D eigenvalue weighted by Gasteiger charge is 2.26. The van der Waals surface area contributed by atoms with Gasteiger partial charge in [-0.1, -0.05) is 23.2 Å². The van der Waals surface area contributed by atoms with E-state index in [1.807, 2.05) is 4.90 Å². The van der Waals surface area contributed by atoms with Crippen LogP contribution in [0.4, 0.5) is 0 Å². The molecule has 1 aromatic carbocycles. The van der Waals surface area contributed by atoms with E-state index >= 15 is 0 Å². The summed E-state index contributed by atoms with van der Waals surface area (Å²) >= 11 is 11.9. The third-order valence-corrected chi connectivity index (χ3v) is 4.00. The lowest BCUT2D eigenvalue weighted by Crippen LogP contribution is -3.12. The minimum Gasteiger partial charge on any atom is -0.479 e. The molecule has 1 aliphatic rings. The molecule has 4 nitrogen and oxygen atoms in total. The SMILES string of the molecule is C[C@H](Oc1ccc(Cl)cc1Cl)C(=O)N1CC[NH+](C)CC1. The molecule has 1 fully saturated rings. The van der Waals surface area contributed by atoms with Crippen molar-refractivity contribution in [3.63, 3.8) is 0 Å². The van der Waals surface area contributed by atoms with E-state index in [2.05, 4.69) is 7.05 Å². The van der Waals surface area contributed by atoms with Crippen LogP contribution in [0.25, 0.3) is 0 Å². The van der Waals surface area contributed by atoms with Crippen LogP contribution in [0.5, 0.6) is 5.75 Å². The van der Waals surface area contributed by atoms with E-state index in [0.29, 0.717) is 15.8 Å². The lowest BCUT2D eigenvalue weighted by atomic mass is 10.2. The molecular formula is C14H19Cl2N2O2+. The number of nitrogens with zero attached hydrogens (tertiary/aromatic N) is 1. The number of carbonyl (C=O) groups excluding carboxylic acids is 1. The average molecular weight is 318 g/mol. The number of rotatable bonds is 3. The number of likely N-dealkylation sites (N-methyl/N-ethyl adjacent to an activating group) is 1. The van der Waals surface area contributed by atoms with Crippen molar-refractivity contribution in [2.24, 2.45) is 0 Å². The van der Waals surface area contributed by atoms with Gasteiger partial charge in [-0.2, -0.15) is 0 Å². The summed E-state index contributed by atoms with van der Waals surface area (Å²) in [5, 5.41) is 0.961. The first kappa shape index (κ1) is 15.4. The molecule has 0 unspecified atom stereocenters. The van der Waals surface area contributed by atoms with Crippen molar-refractivity contribution in [3.05, 3.63) is 28.2 Å². The van der Waals surface area contributed by atoms with Gasteiger partial charge in [0, 0.05) is 5.02 Å². The highest BCUT2D eigenvalue weighted by Crippen LogP contribution is 2.28. The molecule has 0 bridgehead atoms. The van der Waals surface area contributed by atoms with Crippen LogP contribution in [0, 0.1) is 0 Å². The number of amides is 1. The Hall–Kier alpha value is -0.970. The Balaban J connectivity index is 1.97. The zero-order chi connectivity index (χ0) is 14.7. The summed E-state index contributed by atoms with van der Waals surface area (Å²) in [4.78, 5) is 15.6. The van der Waals surface area contributed by atoms with Crippen LogP contribution in [-0.2, 0) is 4.79 Å². The van der Waals surface area contributed by atoms with E-state index in [9.17, 15) is 4.79 Å². The monoisotopic (exact) mass is 317 g/mol. The fraction of sp³-hybridized carbons (Fsp3) is 0.500. The Labute approximate surface area is 129 Å². The van der Waals surface area contributed by atoms with Crippen molar-refractivity contribution < 1.29 is 14.4 Å². The number of carbonyl (C=O) groups is 1. The summed E-state index contributed by atoms with van der Waals surface area (Å²) in [6.07, 6.45) is -0.549. The molecule has 6 heteroatoms. The fourth-order valence-electron chi connectivity index (χ4n) is 2.18. The van der Waals surface area contributed by atoms with E-state index in [0.717, 1.165) is 26.2 Å². The van der Waals surface area contributed by atoms with Crippen LogP contribution >= 0.6 is 23.2 Å². The zero-order valence-corrected chi connectivity index (χ0v) is 13.2. The van der Waals surface area contributed by atoms with Crippen molar-refractivity contribution in [2.45, 2.75) is 13.0 Å². The third-order valence-electron chi connectivity index (χ3n) is 3.47. The second-order valence-electron chi connectivity index (χ2n) is 5.12. The number of hydrogen-bond acceptors (Lipinski definition) is 2. The molecular weight excluding hydrogens is 299 g/mol. The second-order valence-corrected chi connectivity index (χ2v) is 5.96. The summed E-state index contributed by atoms with van der Waals surface area (Å²) in [6.45, 7) is 5.23. The first-order valence-corrected chi connectivity index (χ1v) is 7.45. The van der Waals surface area contributed by atoms with Gasteiger partial charge in [-0.3, -0.25) is 4.79 Å². The van der Waals surface area contributed by atoms with Crippen LogP contribution in [-0.4, -0.2) is 50.1 Å². The van der Waals surface area contributed by atoms with Gasteiger partial charge in [-0.15, -0.1) is 0 Å². The van der Waals surface area contributed by atoms with Crippen molar-refractivity contribution in [1.82, 2.24) is 4.90 Å². The molecule has 2 rings (SSSR count). The standard InChI is InChI=1S/C14H18Cl2N2O2/c1-10(14(19)18-7-5-17(2)6-8-18)20-13-4-3-11(15)9-12(13)16/h3-4,9-10H,5-8H2,1-2H3/p+1/t10-/m0/s1. The number of ether oxygens (including phenoxy) is 1. The van der Waals surface area contributed by atoms with Crippen LogP contribution in [0.3, 0.4) is 0 Å². The maximum absolute atomic E-state index is 12.3. The summed E-state index contributed by atoms with van der Waals surface area (Å²) in [5.74, 6) is 0.486. The molecule has 1 aliphatic heterocycles. The van der Waals surface area contributed by atoms with Crippen molar-refractivity contribution >= 4 is 29.1 Å². The smallest absolute Gasteiger partial charge is 0.263 e. The Bertz CT molecular complexity index is 488. The number of quaternary nitrogens is 1. The Morgan fingerprint density at radius 2 is 2.00 bits per heavy atom. The highest BCUT2D eigenvalue weighted by atomic mass is 35.5. The van der Waals surface area contributed by atoms with Gasteiger partial charge in [0.15, 0.2) is 6.10 Å². The predicted octanol–water partition coefficient (Wildman–Crippen LogP) is 1.12. The van der Waals surface area contributed by atoms with Crippen molar-refractivity contribution in [1.29, 1.82) is 0 Å². The van der Waals surface area contributed by atoms with Crippen LogP contribution in [0.1, 0.15) is 6.92 Å². The van der Waals surface area contributed by atoms with Crippen LogP contribution < -0.4 is 9.64 Å². The average Bonchev–Trinajstić information content (AvgIpc) is 2.42. The molecule has 20 heavy (non-hydrogen) atoms.